The lowest BCUT2D eigenvalue weighted by Gasteiger charge is -2.11. The highest BCUT2D eigenvalue weighted by Gasteiger charge is 2.10. The standard InChI is InChI=1S/C30H35N3O3/c1-35-25-18-16-24(17-19-25)23-30(34)31-20-9-3-6-15-29-32-27-13-7-8-14-28(27)33(29)21-10-22-36-26-11-4-2-5-12-26/h2,4-5,7-8,11-14,16-19H,3,6,9-10,15,20-23H2,1H3,(H,31,34). The Bertz CT molecular complexity index is 1220. The molecule has 1 heterocycles. The number of amides is 1. The Morgan fingerprint density at radius 2 is 1.64 bits per heavy atom. The van der Waals surface area contributed by atoms with Crippen LogP contribution in [0.2, 0.25) is 0 Å². The normalized spacial score (nSPS) is 10.9. The molecule has 1 amide bonds. The zero-order valence-electron chi connectivity index (χ0n) is 21.0. The predicted octanol–water partition coefficient (Wildman–Crippen LogP) is 5.59. The van der Waals surface area contributed by atoms with Crippen LogP contribution >= 0.6 is 0 Å². The first kappa shape index (κ1) is 25.3. The molecule has 4 aromatic rings. The largest absolute Gasteiger partial charge is 0.497 e. The zero-order chi connectivity index (χ0) is 25.0. The summed E-state index contributed by atoms with van der Waals surface area (Å²) in [6.45, 7) is 2.25. The van der Waals surface area contributed by atoms with Gasteiger partial charge in [-0.1, -0.05) is 48.9 Å². The fraction of sp³-hybridized carbons (Fsp3) is 0.333. The second-order valence-electron chi connectivity index (χ2n) is 8.87. The number of nitrogens with zero attached hydrogens (tertiary/aromatic N) is 2. The number of hydrogen-bond donors (Lipinski definition) is 1. The number of unbranched alkanes of at least 4 members (excludes halogenated alkanes) is 2. The van der Waals surface area contributed by atoms with Crippen molar-refractivity contribution < 1.29 is 14.3 Å². The molecule has 188 valence electrons. The molecule has 0 aliphatic carbocycles. The van der Waals surface area contributed by atoms with Crippen molar-refractivity contribution in [3.63, 3.8) is 0 Å². The number of nitrogens with one attached hydrogen (secondary N) is 1. The van der Waals surface area contributed by atoms with Gasteiger partial charge in [0.05, 0.1) is 31.2 Å². The molecule has 0 unspecified atom stereocenters. The van der Waals surface area contributed by atoms with E-state index in [0.29, 0.717) is 19.6 Å². The van der Waals surface area contributed by atoms with Gasteiger partial charge in [0.1, 0.15) is 17.3 Å². The molecule has 0 radical (unpaired) electrons. The second kappa shape index (κ2) is 13.3. The van der Waals surface area contributed by atoms with Crippen molar-refractivity contribution in [2.45, 2.75) is 45.1 Å². The van der Waals surface area contributed by atoms with Crippen molar-refractivity contribution in [2.75, 3.05) is 20.3 Å². The maximum atomic E-state index is 12.2. The number of aryl methyl sites for hydroxylation is 2. The Balaban J connectivity index is 1.19. The maximum absolute atomic E-state index is 12.2. The van der Waals surface area contributed by atoms with Crippen LogP contribution in [0.5, 0.6) is 11.5 Å². The third-order valence-corrected chi connectivity index (χ3v) is 6.19. The van der Waals surface area contributed by atoms with Crippen LogP contribution in [0.1, 0.15) is 37.1 Å². The van der Waals surface area contributed by atoms with Gasteiger partial charge in [0, 0.05) is 19.5 Å². The van der Waals surface area contributed by atoms with Crippen LogP contribution in [-0.2, 0) is 24.2 Å². The van der Waals surface area contributed by atoms with Crippen LogP contribution in [0, 0.1) is 0 Å². The third-order valence-electron chi connectivity index (χ3n) is 6.19. The topological polar surface area (TPSA) is 65.4 Å². The molecule has 0 spiro atoms. The first-order valence-electron chi connectivity index (χ1n) is 12.7. The lowest BCUT2D eigenvalue weighted by atomic mass is 10.1. The molecule has 0 fully saturated rings. The molecule has 0 aliphatic heterocycles. The first-order valence-corrected chi connectivity index (χ1v) is 12.7. The Kier molecular flexibility index (Phi) is 9.37. The van der Waals surface area contributed by atoms with Crippen molar-refractivity contribution in [2.24, 2.45) is 0 Å². The fourth-order valence-corrected chi connectivity index (χ4v) is 4.30. The van der Waals surface area contributed by atoms with Gasteiger partial charge in [-0.25, -0.2) is 4.98 Å². The van der Waals surface area contributed by atoms with Crippen LogP contribution in [0.15, 0.2) is 78.9 Å². The van der Waals surface area contributed by atoms with E-state index in [1.54, 1.807) is 7.11 Å². The summed E-state index contributed by atoms with van der Waals surface area (Å²) in [6, 6.07) is 25.9. The molecular formula is C30H35N3O3. The van der Waals surface area contributed by atoms with Crippen molar-refractivity contribution in [3.05, 3.63) is 90.3 Å². The summed E-state index contributed by atoms with van der Waals surface area (Å²) in [5.41, 5.74) is 3.21. The number of para-hydroxylation sites is 3. The van der Waals surface area contributed by atoms with Crippen LogP contribution in [0.4, 0.5) is 0 Å². The molecule has 4 rings (SSSR count). The predicted molar refractivity (Wildman–Crippen MR) is 144 cm³/mol. The first-order chi connectivity index (χ1) is 17.7. The lowest BCUT2D eigenvalue weighted by molar-refractivity contribution is -0.120. The smallest absolute Gasteiger partial charge is 0.224 e. The third kappa shape index (κ3) is 7.35. The zero-order valence-corrected chi connectivity index (χ0v) is 21.0. The minimum absolute atomic E-state index is 0.0553. The lowest BCUT2D eigenvalue weighted by Crippen LogP contribution is -2.26. The number of hydrogen-bond acceptors (Lipinski definition) is 4. The van der Waals surface area contributed by atoms with Gasteiger partial charge in [-0.15, -0.1) is 0 Å². The number of fused-ring (bicyclic) bond motifs is 1. The van der Waals surface area contributed by atoms with Crippen LogP contribution in [0.25, 0.3) is 11.0 Å². The SMILES string of the molecule is COc1ccc(CC(=O)NCCCCCc2nc3ccccc3n2CCCOc2ccccc2)cc1. The van der Waals surface area contributed by atoms with Gasteiger partial charge in [-0.3, -0.25) is 4.79 Å². The average molecular weight is 486 g/mol. The van der Waals surface area contributed by atoms with E-state index in [1.807, 2.05) is 60.7 Å². The summed E-state index contributed by atoms with van der Waals surface area (Å²) in [7, 11) is 1.64. The number of benzene rings is 3. The average Bonchev–Trinajstić information content (AvgIpc) is 3.27. The summed E-state index contributed by atoms with van der Waals surface area (Å²) in [6.07, 6.45) is 5.28. The summed E-state index contributed by atoms with van der Waals surface area (Å²) in [5, 5.41) is 3.03. The summed E-state index contributed by atoms with van der Waals surface area (Å²) < 4.78 is 13.4. The number of methoxy groups -OCH3 is 1. The van der Waals surface area contributed by atoms with E-state index in [0.717, 1.165) is 67.1 Å². The Morgan fingerprint density at radius 1 is 0.861 bits per heavy atom. The van der Waals surface area contributed by atoms with Crippen molar-refractivity contribution in [1.82, 2.24) is 14.9 Å². The van der Waals surface area contributed by atoms with Gasteiger partial charge in [0.25, 0.3) is 0 Å². The fourth-order valence-electron chi connectivity index (χ4n) is 4.30. The molecule has 6 nitrogen and oxygen atoms in total. The van der Waals surface area contributed by atoms with Gasteiger partial charge in [-0.05, 0) is 61.2 Å². The van der Waals surface area contributed by atoms with Crippen LogP contribution in [0.3, 0.4) is 0 Å². The molecule has 0 saturated heterocycles. The molecular weight excluding hydrogens is 450 g/mol. The molecule has 0 bridgehead atoms. The molecule has 1 N–H and O–H groups in total. The van der Waals surface area contributed by atoms with Crippen molar-refractivity contribution in [3.8, 4) is 11.5 Å². The van der Waals surface area contributed by atoms with E-state index < -0.39 is 0 Å². The van der Waals surface area contributed by atoms with Gasteiger partial charge in [-0.2, -0.15) is 0 Å². The number of carbonyl (C=O) groups is 1. The second-order valence-corrected chi connectivity index (χ2v) is 8.87. The maximum Gasteiger partial charge on any atom is 0.224 e. The van der Waals surface area contributed by atoms with Gasteiger partial charge in [0.15, 0.2) is 0 Å². The number of imidazole rings is 1. The number of carbonyl (C=O) groups excluding carboxylic acids is 1. The molecule has 6 heteroatoms. The highest BCUT2D eigenvalue weighted by Crippen LogP contribution is 2.19. The summed E-state index contributed by atoms with van der Waals surface area (Å²) >= 11 is 0. The number of ether oxygens (including phenoxy) is 2. The summed E-state index contributed by atoms with van der Waals surface area (Å²) in [4.78, 5) is 17.1. The van der Waals surface area contributed by atoms with E-state index in [1.165, 1.54) is 5.52 Å². The molecule has 0 atom stereocenters. The van der Waals surface area contributed by atoms with Crippen molar-refractivity contribution >= 4 is 16.9 Å². The molecule has 1 aromatic heterocycles. The monoisotopic (exact) mass is 485 g/mol. The number of aromatic nitrogens is 2. The molecule has 0 saturated carbocycles. The van der Waals surface area contributed by atoms with E-state index in [4.69, 9.17) is 14.5 Å². The van der Waals surface area contributed by atoms with E-state index >= 15 is 0 Å². The minimum atomic E-state index is 0.0553. The Hall–Kier alpha value is -3.80. The van der Waals surface area contributed by atoms with E-state index in [-0.39, 0.29) is 5.91 Å². The Morgan fingerprint density at radius 3 is 2.44 bits per heavy atom. The highest BCUT2D eigenvalue weighted by atomic mass is 16.5. The van der Waals surface area contributed by atoms with Gasteiger partial charge >= 0.3 is 0 Å². The quantitative estimate of drug-likeness (QED) is 0.237. The van der Waals surface area contributed by atoms with Gasteiger partial charge < -0.3 is 19.4 Å². The highest BCUT2D eigenvalue weighted by molar-refractivity contribution is 5.78. The number of rotatable bonds is 14. The van der Waals surface area contributed by atoms with Crippen molar-refractivity contribution in [1.29, 1.82) is 0 Å². The minimum Gasteiger partial charge on any atom is -0.497 e. The molecule has 0 aliphatic rings. The summed E-state index contributed by atoms with van der Waals surface area (Å²) in [5.74, 6) is 2.89. The van der Waals surface area contributed by atoms with E-state index in [9.17, 15) is 4.79 Å². The Labute approximate surface area is 213 Å². The molecule has 3 aromatic carbocycles. The van der Waals surface area contributed by atoms with Crippen LogP contribution in [-0.4, -0.2) is 35.7 Å². The molecule has 36 heavy (non-hydrogen) atoms. The van der Waals surface area contributed by atoms with Gasteiger partial charge in [0.2, 0.25) is 5.91 Å². The van der Waals surface area contributed by atoms with Crippen LogP contribution < -0.4 is 14.8 Å². The van der Waals surface area contributed by atoms with E-state index in [2.05, 4.69) is 28.1 Å².